The predicted octanol–water partition coefficient (Wildman–Crippen LogP) is 3.50. The molecule has 0 bridgehead atoms. The molecule has 4 nitrogen and oxygen atoms in total. The Morgan fingerprint density at radius 1 is 1.33 bits per heavy atom. The van der Waals surface area contributed by atoms with E-state index in [9.17, 15) is 0 Å². The standard InChI is InChI=1S/C12H12Br2N2O2/c1-17-11-4-8(2-3-16-11)6-15-7-9-5-10(13)12(14)18-9/h2-5,15H,6-7H2,1H3. The van der Waals surface area contributed by atoms with Gasteiger partial charge in [-0.2, -0.15) is 0 Å². The first kappa shape index (κ1) is 13.6. The normalized spacial score (nSPS) is 10.6. The van der Waals surface area contributed by atoms with Gasteiger partial charge in [-0.1, -0.05) is 0 Å². The number of methoxy groups -OCH3 is 1. The summed E-state index contributed by atoms with van der Waals surface area (Å²) in [4.78, 5) is 4.06. The summed E-state index contributed by atoms with van der Waals surface area (Å²) < 4.78 is 12.2. The first-order valence-electron chi connectivity index (χ1n) is 5.32. The number of furan rings is 1. The highest BCUT2D eigenvalue weighted by Gasteiger charge is 2.05. The molecule has 2 heterocycles. The molecule has 0 unspecified atom stereocenters. The third kappa shape index (κ3) is 3.57. The predicted molar refractivity (Wildman–Crippen MR) is 75.4 cm³/mol. The van der Waals surface area contributed by atoms with Crippen LogP contribution in [0.1, 0.15) is 11.3 Å². The second-order valence-electron chi connectivity index (χ2n) is 3.64. The van der Waals surface area contributed by atoms with Gasteiger partial charge in [0, 0.05) is 18.8 Å². The second-order valence-corrected chi connectivity index (χ2v) is 5.22. The van der Waals surface area contributed by atoms with Crippen molar-refractivity contribution in [2.75, 3.05) is 7.11 Å². The average Bonchev–Trinajstić information content (AvgIpc) is 2.69. The van der Waals surface area contributed by atoms with Crippen LogP contribution >= 0.6 is 31.9 Å². The molecule has 0 atom stereocenters. The zero-order chi connectivity index (χ0) is 13.0. The Kier molecular flexibility index (Phi) is 4.79. The van der Waals surface area contributed by atoms with Gasteiger partial charge in [0.25, 0.3) is 0 Å². The summed E-state index contributed by atoms with van der Waals surface area (Å²) in [6.07, 6.45) is 1.73. The molecule has 2 rings (SSSR count). The fraction of sp³-hybridized carbons (Fsp3) is 0.250. The lowest BCUT2D eigenvalue weighted by Crippen LogP contribution is -2.12. The summed E-state index contributed by atoms with van der Waals surface area (Å²) in [5.41, 5.74) is 1.12. The molecule has 0 saturated heterocycles. The van der Waals surface area contributed by atoms with E-state index in [1.54, 1.807) is 13.3 Å². The van der Waals surface area contributed by atoms with Crippen molar-refractivity contribution >= 4 is 31.9 Å². The molecule has 96 valence electrons. The van der Waals surface area contributed by atoms with Crippen molar-refractivity contribution in [2.24, 2.45) is 0 Å². The summed E-state index contributed by atoms with van der Waals surface area (Å²) in [5.74, 6) is 1.49. The lowest BCUT2D eigenvalue weighted by molar-refractivity contribution is 0.397. The Morgan fingerprint density at radius 3 is 2.83 bits per heavy atom. The fourth-order valence-corrected chi connectivity index (χ4v) is 2.14. The van der Waals surface area contributed by atoms with Crippen LogP contribution < -0.4 is 10.1 Å². The average molecular weight is 376 g/mol. The smallest absolute Gasteiger partial charge is 0.213 e. The lowest BCUT2D eigenvalue weighted by atomic mass is 10.2. The third-order valence-electron chi connectivity index (χ3n) is 2.33. The van der Waals surface area contributed by atoms with Gasteiger partial charge >= 0.3 is 0 Å². The molecule has 0 aliphatic carbocycles. The maximum atomic E-state index is 5.47. The van der Waals surface area contributed by atoms with Crippen molar-refractivity contribution in [3.8, 4) is 5.88 Å². The van der Waals surface area contributed by atoms with Gasteiger partial charge in [-0.25, -0.2) is 4.98 Å². The van der Waals surface area contributed by atoms with E-state index in [4.69, 9.17) is 9.15 Å². The Hall–Kier alpha value is -0.850. The Bertz CT molecular complexity index is 509. The van der Waals surface area contributed by atoms with E-state index in [1.165, 1.54) is 0 Å². The van der Waals surface area contributed by atoms with Gasteiger partial charge in [0.05, 0.1) is 18.1 Å². The number of nitrogens with zero attached hydrogens (tertiary/aromatic N) is 1. The van der Waals surface area contributed by atoms with Gasteiger partial charge in [-0.3, -0.25) is 0 Å². The van der Waals surface area contributed by atoms with Crippen LogP contribution in [0.4, 0.5) is 0 Å². The van der Waals surface area contributed by atoms with Crippen LogP contribution in [-0.2, 0) is 13.1 Å². The number of hydrogen-bond acceptors (Lipinski definition) is 4. The number of pyridine rings is 1. The highest BCUT2D eigenvalue weighted by Crippen LogP contribution is 2.26. The maximum Gasteiger partial charge on any atom is 0.213 e. The summed E-state index contributed by atoms with van der Waals surface area (Å²) >= 11 is 6.68. The fourth-order valence-electron chi connectivity index (χ4n) is 1.48. The molecular formula is C12H12Br2N2O2. The van der Waals surface area contributed by atoms with Gasteiger partial charge in [-0.15, -0.1) is 0 Å². The Balaban J connectivity index is 1.88. The van der Waals surface area contributed by atoms with E-state index in [-0.39, 0.29) is 0 Å². The van der Waals surface area contributed by atoms with Gasteiger partial charge in [0.15, 0.2) is 4.67 Å². The summed E-state index contributed by atoms with van der Waals surface area (Å²) in [7, 11) is 1.61. The molecule has 1 N–H and O–H groups in total. The van der Waals surface area contributed by atoms with Crippen molar-refractivity contribution in [1.29, 1.82) is 0 Å². The van der Waals surface area contributed by atoms with Gasteiger partial charge in [0.2, 0.25) is 5.88 Å². The summed E-state index contributed by atoms with van der Waals surface area (Å²) in [5, 5.41) is 3.29. The van der Waals surface area contributed by atoms with Crippen molar-refractivity contribution < 1.29 is 9.15 Å². The van der Waals surface area contributed by atoms with Crippen LogP contribution in [0.3, 0.4) is 0 Å². The SMILES string of the molecule is COc1cc(CNCc2cc(Br)c(Br)o2)ccn1. The molecule has 0 fully saturated rings. The first-order chi connectivity index (χ1) is 8.69. The number of hydrogen-bond donors (Lipinski definition) is 1. The molecule has 0 radical (unpaired) electrons. The van der Waals surface area contributed by atoms with Gasteiger partial charge in [0.1, 0.15) is 5.76 Å². The van der Waals surface area contributed by atoms with Crippen LogP contribution in [-0.4, -0.2) is 12.1 Å². The van der Waals surface area contributed by atoms with Gasteiger partial charge in [-0.05, 0) is 49.6 Å². The van der Waals surface area contributed by atoms with Crippen molar-refractivity contribution in [2.45, 2.75) is 13.1 Å². The molecule has 0 aliphatic heterocycles. The molecule has 2 aromatic rings. The molecule has 2 aromatic heterocycles. The van der Waals surface area contributed by atoms with Crippen molar-refractivity contribution in [3.05, 3.63) is 44.9 Å². The summed E-state index contributed by atoms with van der Waals surface area (Å²) in [6, 6.07) is 5.79. The lowest BCUT2D eigenvalue weighted by Gasteiger charge is -2.04. The van der Waals surface area contributed by atoms with E-state index >= 15 is 0 Å². The van der Waals surface area contributed by atoms with E-state index < -0.39 is 0 Å². The zero-order valence-corrected chi connectivity index (χ0v) is 12.9. The highest BCUT2D eigenvalue weighted by molar-refractivity contribution is 9.13. The zero-order valence-electron chi connectivity index (χ0n) is 9.74. The molecule has 0 aromatic carbocycles. The number of aromatic nitrogens is 1. The topological polar surface area (TPSA) is 47.3 Å². The Morgan fingerprint density at radius 2 is 2.17 bits per heavy atom. The van der Waals surface area contributed by atoms with E-state index in [1.807, 2.05) is 18.2 Å². The number of ether oxygens (including phenoxy) is 1. The molecule has 18 heavy (non-hydrogen) atoms. The minimum absolute atomic E-state index is 0.623. The minimum Gasteiger partial charge on any atom is -0.481 e. The molecular weight excluding hydrogens is 364 g/mol. The first-order valence-corrected chi connectivity index (χ1v) is 6.91. The maximum absolute atomic E-state index is 5.47. The molecule has 0 spiro atoms. The van der Waals surface area contributed by atoms with Crippen molar-refractivity contribution in [1.82, 2.24) is 10.3 Å². The molecule has 0 aliphatic rings. The summed E-state index contributed by atoms with van der Waals surface area (Å²) in [6.45, 7) is 1.39. The van der Waals surface area contributed by atoms with E-state index in [2.05, 4.69) is 42.2 Å². The van der Waals surface area contributed by atoms with Crippen LogP contribution in [0.5, 0.6) is 5.88 Å². The van der Waals surface area contributed by atoms with Gasteiger partial charge < -0.3 is 14.5 Å². The minimum atomic E-state index is 0.623. The van der Waals surface area contributed by atoms with Crippen LogP contribution in [0.15, 0.2) is 38.0 Å². The quantitative estimate of drug-likeness (QED) is 0.868. The van der Waals surface area contributed by atoms with Crippen LogP contribution in [0, 0.1) is 0 Å². The highest BCUT2D eigenvalue weighted by atomic mass is 79.9. The monoisotopic (exact) mass is 374 g/mol. The number of nitrogens with one attached hydrogen (secondary N) is 1. The van der Waals surface area contributed by atoms with Crippen molar-refractivity contribution in [3.63, 3.8) is 0 Å². The largest absolute Gasteiger partial charge is 0.481 e. The van der Waals surface area contributed by atoms with Crippen LogP contribution in [0.25, 0.3) is 0 Å². The van der Waals surface area contributed by atoms with Crippen LogP contribution in [0.2, 0.25) is 0 Å². The number of halogens is 2. The number of rotatable bonds is 5. The molecule has 0 amide bonds. The van der Waals surface area contributed by atoms with E-state index in [0.29, 0.717) is 17.1 Å². The van der Waals surface area contributed by atoms with E-state index in [0.717, 1.165) is 22.3 Å². The Labute approximate surface area is 122 Å². The second kappa shape index (κ2) is 6.36. The molecule has 0 saturated carbocycles. The molecule has 6 heteroatoms. The third-order valence-corrected chi connectivity index (χ3v) is 4.04.